The van der Waals surface area contributed by atoms with Gasteiger partial charge in [-0.2, -0.15) is 4.99 Å². The van der Waals surface area contributed by atoms with Gasteiger partial charge in [0.2, 0.25) is 23.4 Å². The van der Waals surface area contributed by atoms with E-state index in [0.29, 0.717) is 94.2 Å². The number of nitrogens with zero attached hydrogens (tertiary/aromatic N) is 8. The molecule has 0 unspecified atom stereocenters. The van der Waals surface area contributed by atoms with Crippen LogP contribution in [0.3, 0.4) is 0 Å². The Hall–Kier alpha value is -6.55. The number of imidazole rings is 1. The number of aromatic nitrogens is 6. The second-order valence-electron chi connectivity index (χ2n) is 14.0. The molecule has 1 aliphatic heterocycles. The number of hydrazine groups is 1. The molecule has 1 saturated heterocycles. The maximum Gasteiger partial charge on any atom is 0.317 e. The van der Waals surface area contributed by atoms with E-state index in [4.69, 9.17) is 34.9 Å². The van der Waals surface area contributed by atoms with E-state index in [1.165, 1.54) is 6.20 Å². The van der Waals surface area contributed by atoms with Crippen LogP contribution in [-0.4, -0.2) is 97.1 Å². The highest BCUT2D eigenvalue weighted by Gasteiger charge is 2.24. The number of allylic oxidation sites excluding steroid dienone is 2. The molecule has 61 heavy (non-hydrogen) atoms. The minimum Gasteiger partial charge on any atom is -0.491 e. The van der Waals surface area contributed by atoms with Crippen LogP contribution in [0.15, 0.2) is 50.4 Å². The van der Waals surface area contributed by atoms with E-state index >= 15 is 0 Å². The summed E-state index contributed by atoms with van der Waals surface area (Å²) in [7, 11) is 0. The Morgan fingerprint density at radius 2 is 1.61 bits per heavy atom. The third kappa shape index (κ3) is 9.44. The summed E-state index contributed by atoms with van der Waals surface area (Å²) in [6.45, 7) is 11.5. The van der Waals surface area contributed by atoms with Crippen molar-refractivity contribution >= 4 is 62.3 Å². The number of amides is 4. The molecular weight excluding hydrogens is 809 g/mol. The maximum atomic E-state index is 13.7. The van der Waals surface area contributed by atoms with Gasteiger partial charge in [-0.3, -0.25) is 39.4 Å². The normalized spacial score (nSPS) is 13.8. The molecule has 6 aromatic rings. The molecule has 0 atom stereocenters. The fourth-order valence-electron chi connectivity index (χ4n) is 6.89. The minimum absolute atomic E-state index is 0.0439. The van der Waals surface area contributed by atoms with Crippen LogP contribution in [0.5, 0.6) is 5.75 Å². The van der Waals surface area contributed by atoms with E-state index in [9.17, 15) is 19.2 Å². The number of carbonyl (C=O) groups is 4. The van der Waals surface area contributed by atoms with Gasteiger partial charge in [0.1, 0.15) is 11.3 Å². The lowest BCUT2D eigenvalue weighted by atomic mass is 10.1. The van der Waals surface area contributed by atoms with Gasteiger partial charge >= 0.3 is 5.91 Å². The smallest absolute Gasteiger partial charge is 0.317 e. The molecule has 6 N–H and O–H groups in total. The van der Waals surface area contributed by atoms with Crippen LogP contribution in [-0.2, 0) is 30.7 Å². The predicted molar refractivity (Wildman–Crippen MR) is 223 cm³/mol. The highest BCUT2D eigenvalue weighted by molar-refractivity contribution is 7.16. The molecule has 0 saturated carbocycles. The molecule has 4 amide bonds. The van der Waals surface area contributed by atoms with Crippen molar-refractivity contribution < 1.29 is 37.5 Å². The molecule has 20 nitrogen and oxygen atoms in total. The lowest BCUT2D eigenvalue weighted by molar-refractivity contribution is 0.0358. The highest BCUT2D eigenvalue weighted by atomic mass is 32.1. The molecule has 0 bridgehead atoms. The zero-order valence-electron chi connectivity index (χ0n) is 34.1. The Balaban J connectivity index is 1.25. The van der Waals surface area contributed by atoms with Crippen molar-refractivity contribution in [3.05, 3.63) is 87.2 Å². The van der Waals surface area contributed by atoms with E-state index in [1.54, 1.807) is 41.2 Å². The Kier molecular flexibility index (Phi) is 13.1. The summed E-state index contributed by atoms with van der Waals surface area (Å²) in [5.74, 6) is 4.31. The summed E-state index contributed by atoms with van der Waals surface area (Å²) >= 11 is 1.16. The van der Waals surface area contributed by atoms with Crippen molar-refractivity contribution in [1.29, 1.82) is 0 Å². The summed E-state index contributed by atoms with van der Waals surface area (Å²) in [4.78, 5) is 76.9. The first-order valence-electron chi connectivity index (χ1n) is 19.7. The number of oxazole rings is 2. The number of thiazole rings is 1. The van der Waals surface area contributed by atoms with Crippen molar-refractivity contribution in [2.24, 2.45) is 16.6 Å². The molecule has 1 aromatic carbocycles. The average Bonchev–Trinajstić information content (AvgIpc) is 4.02. The number of aryl methyl sites for hydroxylation is 4. The van der Waals surface area contributed by atoms with Gasteiger partial charge in [0, 0.05) is 58.3 Å². The van der Waals surface area contributed by atoms with Crippen LogP contribution < -0.4 is 31.9 Å². The van der Waals surface area contributed by atoms with Crippen LogP contribution in [0.4, 0.5) is 5.95 Å². The third-order valence-electron chi connectivity index (χ3n) is 9.83. The number of rotatable bonds is 16. The number of morpholine rings is 1. The van der Waals surface area contributed by atoms with E-state index in [2.05, 4.69) is 35.6 Å². The zero-order valence-corrected chi connectivity index (χ0v) is 35.0. The van der Waals surface area contributed by atoms with Crippen molar-refractivity contribution in [3.63, 3.8) is 0 Å². The average molecular weight is 855 g/mol. The van der Waals surface area contributed by atoms with Crippen LogP contribution in [0.1, 0.15) is 85.3 Å². The summed E-state index contributed by atoms with van der Waals surface area (Å²) in [6.07, 6.45) is 6.69. The number of benzene rings is 1. The molecule has 7 rings (SSSR count). The van der Waals surface area contributed by atoms with Crippen LogP contribution in [0.25, 0.3) is 21.4 Å². The van der Waals surface area contributed by atoms with Crippen LogP contribution in [0.2, 0.25) is 0 Å². The number of pyridine rings is 1. The standard InChI is InChI=1S/C40H46N12O8S/c1-5-26-32(59-22(3)44-26)37(55)47-39-46-28-18-24(34(41)53)19-29(58-15-9-10-50-13-16-57-17-14-50)31(28)51(39)11-7-8-12-52-35-30(20-25(21-43-35)36(54)49-42)61-40(52)48-38(56)33-27(6-2)45-23(4)60-33/h7-8,18-21H,5-6,9-17,42H2,1-4H3,(H2,41,53)(H,49,54)(H,46,47,55)/b8-7+,48-40?. The van der Waals surface area contributed by atoms with Crippen LogP contribution in [0, 0.1) is 13.8 Å². The lowest BCUT2D eigenvalue weighted by Crippen LogP contribution is -2.37. The highest BCUT2D eigenvalue weighted by Crippen LogP contribution is 2.32. The molecule has 0 aliphatic carbocycles. The Labute approximate surface area is 352 Å². The topological polar surface area (TPSA) is 266 Å². The summed E-state index contributed by atoms with van der Waals surface area (Å²) in [6, 6.07) is 4.74. The molecule has 0 radical (unpaired) electrons. The van der Waals surface area contributed by atoms with Crippen molar-refractivity contribution in [1.82, 2.24) is 39.4 Å². The van der Waals surface area contributed by atoms with Crippen LogP contribution >= 0.6 is 11.3 Å². The zero-order chi connectivity index (χ0) is 43.2. The second-order valence-corrected chi connectivity index (χ2v) is 15.0. The maximum absolute atomic E-state index is 13.7. The molecule has 6 heterocycles. The molecular formula is C40H46N12O8S. The first-order valence-corrected chi connectivity index (χ1v) is 20.5. The van der Waals surface area contributed by atoms with E-state index in [0.717, 1.165) is 31.0 Å². The SMILES string of the molecule is CCc1nc(C)oc1C(=O)N=c1sc2cc(C(=O)NN)cnc2n1C/C=C/Cn1c(NC(=O)c2oc(C)nc2CC)nc2cc(C(N)=O)cc(OCCCN3CCOCC3)c21. The predicted octanol–water partition coefficient (Wildman–Crippen LogP) is 3.22. The lowest BCUT2D eigenvalue weighted by Gasteiger charge is -2.26. The number of nitrogens with one attached hydrogen (secondary N) is 2. The van der Waals surface area contributed by atoms with Gasteiger partial charge in [0.25, 0.3) is 11.8 Å². The summed E-state index contributed by atoms with van der Waals surface area (Å²) < 4.78 is 27.2. The van der Waals surface area contributed by atoms with Crippen molar-refractivity contribution in [2.45, 2.75) is 60.0 Å². The van der Waals surface area contributed by atoms with Gasteiger partial charge in [0.15, 0.2) is 22.2 Å². The van der Waals surface area contributed by atoms with E-state index in [-0.39, 0.29) is 41.7 Å². The number of ether oxygens (including phenoxy) is 2. The number of hydrogen-bond acceptors (Lipinski definition) is 15. The Morgan fingerprint density at radius 3 is 2.30 bits per heavy atom. The Bertz CT molecular complexity index is 2720. The number of anilines is 1. The molecule has 320 valence electrons. The first kappa shape index (κ1) is 42.6. The van der Waals surface area contributed by atoms with Crippen molar-refractivity contribution in [2.75, 3.05) is 44.8 Å². The second kappa shape index (κ2) is 18.8. The largest absolute Gasteiger partial charge is 0.491 e. The number of fused-ring (bicyclic) bond motifs is 2. The summed E-state index contributed by atoms with van der Waals surface area (Å²) in [5, 5.41) is 2.88. The van der Waals surface area contributed by atoms with Gasteiger partial charge < -0.3 is 28.6 Å². The van der Waals surface area contributed by atoms with Gasteiger partial charge in [-0.25, -0.2) is 25.8 Å². The number of primary amides is 1. The quantitative estimate of drug-likeness (QED) is 0.0358. The molecule has 1 fully saturated rings. The fourth-order valence-corrected chi connectivity index (χ4v) is 7.92. The van der Waals surface area contributed by atoms with Crippen molar-refractivity contribution in [3.8, 4) is 5.75 Å². The fraction of sp³-hybridized carbons (Fsp3) is 0.375. The molecule has 0 spiro atoms. The minimum atomic E-state index is -0.668. The number of nitrogen functional groups attached to an aromatic ring is 1. The number of carbonyl (C=O) groups excluding carboxylic acids is 4. The van der Waals surface area contributed by atoms with Gasteiger partial charge in [-0.15, -0.1) is 0 Å². The number of nitrogens with two attached hydrogens (primary N) is 2. The Morgan fingerprint density at radius 1 is 0.918 bits per heavy atom. The molecule has 5 aromatic heterocycles. The van der Waals surface area contributed by atoms with Gasteiger partial charge in [-0.05, 0) is 37.5 Å². The third-order valence-corrected chi connectivity index (χ3v) is 10.8. The molecule has 21 heteroatoms. The number of hydrogen-bond donors (Lipinski definition) is 4. The summed E-state index contributed by atoms with van der Waals surface area (Å²) in [5.41, 5.74) is 10.6. The monoisotopic (exact) mass is 854 g/mol. The van der Waals surface area contributed by atoms with Gasteiger partial charge in [0.05, 0.1) is 47.0 Å². The van der Waals surface area contributed by atoms with E-state index < -0.39 is 23.6 Å². The van der Waals surface area contributed by atoms with E-state index in [1.807, 2.05) is 26.0 Å². The molecule has 1 aliphatic rings. The van der Waals surface area contributed by atoms with Gasteiger partial charge in [-0.1, -0.05) is 37.3 Å². The first-order chi connectivity index (χ1) is 29.5.